The van der Waals surface area contributed by atoms with E-state index in [4.69, 9.17) is 16.9 Å². The molecule has 0 amide bonds. The molecular weight excluding hydrogens is 172 g/mol. The van der Waals surface area contributed by atoms with E-state index in [2.05, 4.69) is 4.98 Å². The van der Waals surface area contributed by atoms with Crippen molar-refractivity contribution >= 4 is 11.6 Å². The number of hydrogen-bond donors (Lipinski definition) is 0. The van der Waals surface area contributed by atoms with Gasteiger partial charge in [-0.05, 0) is 25.0 Å². The zero-order chi connectivity index (χ0) is 8.55. The first-order chi connectivity index (χ1) is 5.79. The average Bonchev–Trinajstić information content (AvgIpc) is 2.85. The summed E-state index contributed by atoms with van der Waals surface area (Å²) in [6.07, 6.45) is 2.36. The highest BCUT2D eigenvalue weighted by molar-refractivity contribution is 6.30. The molecule has 12 heavy (non-hydrogen) atoms. The van der Waals surface area contributed by atoms with Gasteiger partial charge in [-0.25, -0.2) is 4.98 Å². The van der Waals surface area contributed by atoms with Crippen molar-refractivity contribution < 1.29 is 0 Å². The summed E-state index contributed by atoms with van der Waals surface area (Å²) in [6.45, 7) is 0. The van der Waals surface area contributed by atoms with Gasteiger partial charge in [0.2, 0.25) is 0 Å². The third-order valence-corrected chi connectivity index (χ3v) is 2.14. The van der Waals surface area contributed by atoms with E-state index in [0.717, 1.165) is 5.69 Å². The Labute approximate surface area is 75.8 Å². The fourth-order valence-electron chi connectivity index (χ4n) is 1.16. The minimum atomic E-state index is 0.421. The zero-order valence-corrected chi connectivity index (χ0v) is 7.17. The highest BCUT2D eigenvalue weighted by atomic mass is 35.5. The molecule has 1 aliphatic carbocycles. The highest BCUT2D eigenvalue weighted by Crippen LogP contribution is 2.39. The van der Waals surface area contributed by atoms with Crippen LogP contribution in [0.5, 0.6) is 0 Å². The lowest BCUT2D eigenvalue weighted by Gasteiger charge is -1.97. The maximum Gasteiger partial charge on any atom is 0.142 e. The lowest BCUT2D eigenvalue weighted by molar-refractivity contribution is 1.01. The van der Waals surface area contributed by atoms with E-state index < -0.39 is 0 Å². The van der Waals surface area contributed by atoms with Crippen LogP contribution in [0.4, 0.5) is 0 Å². The second-order valence-electron chi connectivity index (χ2n) is 2.98. The van der Waals surface area contributed by atoms with Gasteiger partial charge in [0.1, 0.15) is 11.8 Å². The molecule has 3 heteroatoms. The number of pyridine rings is 1. The molecule has 2 nitrogen and oxygen atoms in total. The normalized spacial score (nSPS) is 15.7. The van der Waals surface area contributed by atoms with Gasteiger partial charge in [0, 0.05) is 16.6 Å². The summed E-state index contributed by atoms with van der Waals surface area (Å²) in [6, 6.07) is 5.43. The summed E-state index contributed by atoms with van der Waals surface area (Å²) in [4.78, 5) is 4.17. The van der Waals surface area contributed by atoms with Crippen LogP contribution in [-0.4, -0.2) is 4.98 Å². The molecule has 0 saturated heterocycles. The van der Waals surface area contributed by atoms with Crippen LogP contribution < -0.4 is 0 Å². The first kappa shape index (κ1) is 7.57. The number of halogens is 1. The summed E-state index contributed by atoms with van der Waals surface area (Å²) in [5, 5.41) is 9.23. The first-order valence-electron chi connectivity index (χ1n) is 3.87. The molecule has 1 saturated carbocycles. The number of nitrogens with zero attached hydrogens (tertiary/aromatic N) is 2. The van der Waals surface area contributed by atoms with Gasteiger partial charge >= 0.3 is 0 Å². The topological polar surface area (TPSA) is 36.7 Å². The summed E-state index contributed by atoms with van der Waals surface area (Å²) < 4.78 is 0. The number of rotatable bonds is 1. The summed E-state index contributed by atoms with van der Waals surface area (Å²) in [5.41, 5.74) is 1.39. The second kappa shape index (κ2) is 2.76. The number of hydrogen-bond acceptors (Lipinski definition) is 2. The monoisotopic (exact) mass is 178 g/mol. The van der Waals surface area contributed by atoms with Crippen molar-refractivity contribution in [3.63, 3.8) is 0 Å². The summed E-state index contributed by atoms with van der Waals surface area (Å²) in [7, 11) is 0. The quantitative estimate of drug-likeness (QED) is 0.663. The third-order valence-electron chi connectivity index (χ3n) is 1.92. The molecule has 1 aliphatic rings. The van der Waals surface area contributed by atoms with E-state index in [-0.39, 0.29) is 0 Å². The molecular formula is C9H7ClN2. The van der Waals surface area contributed by atoms with Gasteiger partial charge in [-0.3, -0.25) is 0 Å². The average molecular weight is 179 g/mol. The molecule has 1 heterocycles. The van der Waals surface area contributed by atoms with Gasteiger partial charge in [0.05, 0.1) is 0 Å². The van der Waals surface area contributed by atoms with Crippen LogP contribution in [0.3, 0.4) is 0 Å². The van der Waals surface area contributed by atoms with Crippen LogP contribution in [0.25, 0.3) is 0 Å². The molecule has 0 unspecified atom stereocenters. The fraction of sp³-hybridized carbons (Fsp3) is 0.333. The Morgan fingerprint density at radius 2 is 2.25 bits per heavy atom. The molecule has 0 atom stereocenters. The molecule has 0 spiro atoms. The Bertz CT molecular complexity index is 350. The van der Waals surface area contributed by atoms with E-state index in [0.29, 0.717) is 16.6 Å². The van der Waals surface area contributed by atoms with Crippen LogP contribution in [0.1, 0.15) is 30.1 Å². The van der Waals surface area contributed by atoms with Crippen molar-refractivity contribution in [3.8, 4) is 6.07 Å². The fourth-order valence-corrected chi connectivity index (χ4v) is 1.38. The van der Waals surface area contributed by atoms with Gasteiger partial charge < -0.3 is 0 Å². The van der Waals surface area contributed by atoms with E-state index in [1.807, 2.05) is 12.1 Å². The van der Waals surface area contributed by atoms with Gasteiger partial charge in [-0.15, -0.1) is 0 Å². The molecule has 1 aromatic rings. The van der Waals surface area contributed by atoms with Crippen LogP contribution in [0, 0.1) is 11.3 Å². The Balaban J connectivity index is 2.43. The van der Waals surface area contributed by atoms with E-state index in [9.17, 15) is 0 Å². The molecule has 0 aliphatic heterocycles. The standard InChI is InChI=1S/C9H7ClN2/c10-7-3-8(5-11)12-9(4-7)6-1-2-6/h3-4,6H,1-2H2. The molecule has 0 bridgehead atoms. The minimum absolute atomic E-state index is 0.421. The number of aromatic nitrogens is 1. The van der Waals surface area contributed by atoms with Crippen molar-refractivity contribution in [1.82, 2.24) is 4.98 Å². The van der Waals surface area contributed by atoms with Crippen molar-refractivity contribution in [2.45, 2.75) is 18.8 Å². The Morgan fingerprint density at radius 3 is 2.83 bits per heavy atom. The van der Waals surface area contributed by atoms with Crippen LogP contribution in [0.15, 0.2) is 12.1 Å². The number of nitriles is 1. The van der Waals surface area contributed by atoms with Crippen molar-refractivity contribution in [1.29, 1.82) is 5.26 Å². The SMILES string of the molecule is N#Cc1cc(Cl)cc(C2CC2)n1. The molecule has 0 N–H and O–H groups in total. The van der Waals surface area contributed by atoms with E-state index in [1.165, 1.54) is 12.8 Å². The Kier molecular flexibility index (Phi) is 1.74. The van der Waals surface area contributed by atoms with Crippen molar-refractivity contribution in [3.05, 3.63) is 28.5 Å². The maximum absolute atomic E-state index is 8.62. The lowest BCUT2D eigenvalue weighted by Crippen LogP contribution is -1.89. The Hall–Kier alpha value is -1.07. The van der Waals surface area contributed by atoms with Gasteiger partial charge in [-0.1, -0.05) is 11.6 Å². The van der Waals surface area contributed by atoms with Crippen LogP contribution >= 0.6 is 11.6 Å². The lowest BCUT2D eigenvalue weighted by atomic mass is 10.2. The minimum Gasteiger partial charge on any atom is -0.242 e. The third kappa shape index (κ3) is 1.41. The summed E-state index contributed by atoms with van der Waals surface area (Å²) >= 11 is 5.81. The van der Waals surface area contributed by atoms with Crippen LogP contribution in [0.2, 0.25) is 5.02 Å². The maximum atomic E-state index is 8.62. The molecule has 60 valence electrons. The van der Waals surface area contributed by atoms with Crippen molar-refractivity contribution in [2.75, 3.05) is 0 Å². The van der Waals surface area contributed by atoms with Gasteiger partial charge in [0.25, 0.3) is 0 Å². The second-order valence-corrected chi connectivity index (χ2v) is 3.42. The Morgan fingerprint density at radius 1 is 1.50 bits per heavy atom. The highest BCUT2D eigenvalue weighted by Gasteiger charge is 2.25. The van der Waals surface area contributed by atoms with E-state index >= 15 is 0 Å². The van der Waals surface area contributed by atoms with Gasteiger partial charge in [-0.2, -0.15) is 5.26 Å². The van der Waals surface area contributed by atoms with Crippen LogP contribution in [-0.2, 0) is 0 Å². The summed E-state index contributed by atoms with van der Waals surface area (Å²) in [5.74, 6) is 0.552. The molecule has 0 aromatic carbocycles. The molecule has 1 aromatic heterocycles. The molecule has 0 radical (unpaired) electrons. The molecule has 1 fully saturated rings. The van der Waals surface area contributed by atoms with Crippen molar-refractivity contribution in [2.24, 2.45) is 0 Å². The van der Waals surface area contributed by atoms with E-state index in [1.54, 1.807) is 6.07 Å². The predicted molar refractivity (Wildman–Crippen MR) is 45.9 cm³/mol. The molecule has 2 rings (SSSR count). The zero-order valence-electron chi connectivity index (χ0n) is 6.42. The smallest absolute Gasteiger partial charge is 0.142 e. The predicted octanol–water partition coefficient (Wildman–Crippen LogP) is 2.48. The van der Waals surface area contributed by atoms with Gasteiger partial charge in [0.15, 0.2) is 0 Å². The first-order valence-corrected chi connectivity index (χ1v) is 4.25. The largest absolute Gasteiger partial charge is 0.242 e.